The molecule has 3 aromatic rings. The zero-order chi connectivity index (χ0) is 19.0. The molecule has 0 bridgehead atoms. The molecule has 0 N–H and O–H groups in total. The third-order valence-corrected chi connectivity index (χ3v) is 7.50. The largest absolute Gasteiger partial charge is 0.301 e. The van der Waals surface area contributed by atoms with Crippen molar-refractivity contribution in [3.05, 3.63) is 96.6 Å². The monoisotopic (exact) mass is 393 g/mol. The Balaban J connectivity index is 2.07. The molecule has 0 aromatic heterocycles. The first-order valence-electron chi connectivity index (χ1n) is 9.51. The van der Waals surface area contributed by atoms with Crippen LogP contribution in [0.4, 0.5) is 0 Å². The highest BCUT2D eigenvalue weighted by atomic mass is 32.2. The van der Waals surface area contributed by atoms with Gasteiger partial charge >= 0.3 is 0 Å². The number of hydrogen-bond donors (Lipinski definition) is 0. The lowest BCUT2D eigenvalue weighted by molar-refractivity contribution is 0.298. The Morgan fingerprint density at radius 2 is 1.04 bits per heavy atom. The minimum absolute atomic E-state index is 0.115. The molecule has 1 nitrogen and oxygen atoms in total. The van der Waals surface area contributed by atoms with Gasteiger partial charge in [-0.15, -0.1) is 23.5 Å². The van der Waals surface area contributed by atoms with Crippen molar-refractivity contribution in [2.45, 2.75) is 27.7 Å². The minimum atomic E-state index is -0.115. The molecule has 0 aliphatic rings. The van der Waals surface area contributed by atoms with Gasteiger partial charge in [-0.3, -0.25) is 0 Å². The highest BCUT2D eigenvalue weighted by molar-refractivity contribution is 8.17. The lowest BCUT2D eigenvalue weighted by Gasteiger charge is -2.37. The second kappa shape index (κ2) is 10.0. The van der Waals surface area contributed by atoms with E-state index >= 15 is 0 Å². The summed E-state index contributed by atoms with van der Waals surface area (Å²) in [5.74, 6) is 0. The van der Waals surface area contributed by atoms with Crippen LogP contribution in [0.15, 0.2) is 101 Å². The molecule has 0 spiro atoms. The summed E-state index contributed by atoms with van der Waals surface area (Å²) < 4.78 is -0.115. The maximum Gasteiger partial charge on any atom is 0.108 e. The van der Waals surface area contributed by atoms with E-state index < -0.39 is 0 Å². The molecule has 0 radical (unpaired) electrons. The molecule has 0 fully saturated rings. The number of thioether (sulfide) groups is 2. The van der Waals surface area contributed by atoms with Gasteiger partial charge in [0.25, 0.3) is 0 Å². The second-order valence-electron chi connectivity index (χ2n) is 6.41. The van der Waals surface area contributed by atoms with Gasteiger partial charge < -0.3 is 4.90 Å². The fraction of sp³-hybridized carbons (Fsp3) is 0.250. The van der Waals surface area contributed by atoms with Crippen LogP contribution in [0.1, 0.15) is 19.4 Å². The topological polar surface area (TPSA) is 3.24 Å². The zero-order valence-corrected chi connectivity index (χ0v) is 17.7. The van der Waals surface area contributed by atoms with E-state index in [0.29, 0.717) is 0 Å². The first kappa shape index (κ1) is 20.1. The van der Waals surface area contributed by atoms with E-state index in [1.54, 1.807) is 0 Å². The minimum Gasteiger partial charge on any atom is -0.301 e. The van der Waals surface area contributed by atoms with E-state index in [2.05, 4.69) is 110 Å². The van der Waals surface area contributed by atoms with Crippen LogP contribution in [0.5, 0.6) is 0 Å². The van der Waals surface area contributed by atoms with Crippen molar-refractivity contribution in [2.75, 3.05) is 19.6 Å². The lowest BCUT2D eigenvalue weighted by atomic mass is 10.1. The smallest absolute Gasteiger partial charge is 0.108 e. The van der Waals surface area contributed by atoms with Crippen LogP contribution >= 0.6 is 23.5 Å². The summed E-state index contributed by atoms with van der Waals surface area (Å²) >= 11 is 3.93. The summed E-state index contributed by atoms with van der Waals surface area (Å²) in [4.78, 5) is 5.13. The summed E-state index contributed by atoms with van der Waals surface area (Å²) in [7, 11) is 0. The van der Waals surface area contributed by atoms with E-state index in [-0.39, 0.29) is 4.08 Å². The van der Waals surface area contributed by atoms with Crippen molar-refractivity contribution in [1.29, 1.82) is 0 Å². The highest BCUT2D eigenvalue weighted by Crippen LogP contribution is 2.53. The first-order chi connectivity index (χ1) is 13.3. The molecular formula is C24H27NS2. The van der Waals surface area contributed by atoms with Gasteiger partial charge in [0.2, 0.25) is 0 Å². The van der Waals surface area contributed by atoms with Gasteiger partial charge in [0.15, 0.2) is 0 Å². The van der Waals surface area contributed by atoms with Crippen molar-refractivity contribution in [3.63, 3.8) is 0 Å². The zero-order valence-electron chi connectivity index (χ0n) is 16.0. The summed E-state index contributed by atoms with van der Waals surface area (Å²) in [6, 6.07) is 32.5. The average Bonchev–Trinajstić information content (AvgIpc) is 2.74. The molecule has 27 heavy (non-hydrogen) atoms. The van der Waals surface area contributed by atoms with E-state index in [0.717, 1.165) is 19.6 Å². The van der Waals surface area contributed by atoms with Crippen LogP contribution in [0.3, 0.4) is 0 Å². The van der Waals surface area contributed by atoms with Crippen LogP contribution in [0.25, 0.3) is 0 Å². The van der Waals surface area contributed by atoms with E-state index in [9.17, 15) is 0 Å². The molecule has 0 saturated carbocycles. The Bertz CT molecular complexity index is 745. The van der Waals surface area contributed by atoms with Crippen molar-refractivity contribution in [1.82, 2.24) is 4.90 Å². The summed E-state index contributed by atoms with van der Waals surface area (Å²) in [6.45, 7) is 7.59. The number of rotatable bonds is 9. The van der Waals surface area contributed by atoms with E-state index in [4.69, 9.17) is 0 Å². The number of likely N-dealkylation sites (N-methyl/N-ethyl adjacent to an activating group) is 1. The van der Waals surface area contributed by atoms with E-state index in [1.807, 2.05) is 23.5 Å². The van der Waals surface area contributed by atoms with Crippen LogP contribution < -0.4 is 0 Å². The predicted molar refractivity (Wildman–Crippen MR) is 121 cm³/mol. The van der Waals surface area contributed by atoms with Gasteiger partial charge in [0.05, 0.1) is 0 Å². The summed E-state index contributed by atoms with van der Waals surface area (Å²) in [5.41, 5.74) is 1.36. The third-order valence-electron chi connectivity index (χ3n) is 4.59. The Morgan fingerprint density at radius 3 is 1.44 bits per heavy atom. The molecule has 0 aliphatic carbocycles. The maximum absolute atomic E-state index is 2.53. The SMILES string of the molecule is CCN(CC)CC(Sc1ccccc1)(Sc1ccccc1)c1ccccc1. The second-order valence-corrected chi connectivity index (χ2v) is 9.41. The normalized spacial score (nSPS) is 11.7. The Labute approximate surface area is 172 Å². The lowest BCUT2D eigenvalue weighted by Crippen LogP contribution is -2.36. The fourth-order valence-corrected chi connectivity index (χ4v) is 6.18. The summed E-state index contributed by atoms with van der Waals surface area (Å²) in [5, 5.41) is 0. The molecule has 140 valence electrons. The molecule has 3 rings (SSSR count). The summed E-state index contributed by atoms with van der Waals surface area (Å²) in [6.07, 6.45) is 0. The molecule has 0 amide bonds. The van der Waals surface area contributed by atoms with Crippen LogP contribution in [0.2, 0.25) is 0 Å². The molecule has 3 aromatic carbocycles. The number of benzene rings is 3. The molecule has 0 saturated heterocycles. The average molecular weight is 394 g/mol. The van der Waals surface area contributed by atoms with Crippen LogP contribution in [0, 0.1) is 0 Å². The highest BCUT2D eigenvalue weighted by Gasteiger charge is 2.36. The Hall–Kier alpha value is -1.68. The van der Waals surface area contributed by atoms with Gasteiger partial charge in [-0.1, -0.05) is 80.6 Å². The molecular weight excluding hydrogens is 366 g/mol. The van der Waals surface area contributed by atoms with Crippen molar-refractivity contribution < 1.29 is 0 Å². The standard InChI is InChI=1S/C24H27NS2/c1-3-25(4-2)20-24(21-14-8-5-9-15-21,26-22-16-10-6-11-17-22)27-23-18-12-7-13-19-23/h5-19H,3-4,20H2,1-2H3. The van der Waals surface area contributed by atoms with Crippen LogP contribution in [-0.2, 0) is 4.08 Å². The fourth-order valence-electron chi connectivity index (χ4n) is 3.09. The molecule has 0 heterocycles. The molecule has 0 unspecified atom stereocenters. The van der Waals surface area contributed by atoms with Gasteiger partial charge in [-0.25, -0.2) is 0 Å². The van der Waals surface area contributed by atoms with Crippen molar-refractivity contribution in [2.24, 2.45) is 0 Å². The molecule has 0 atom stereocenters. The van der Waals surface area contributed by atoms with Crippen molar-refractivity contribution >= 4 is 23.5 Å². The maximum atomic E-state index is 2.53. The third kappa shape index (κ3) is 5.41. The Kier molecular flexibility index (Phi) is 7.45. The van der Waals surface area contributed by atoms with E-state index in [1.165, 1.54) is 15.4 Å². The molecule has 0 aliphatic heterocycles. The predicted octanol–water partition coefficient (Wildman–Crippen LogP) is 6.77. The van der Waals surface area contributed by atoms with Crippen molar-refractivity contribution in [3.8, 4) is 0 Å². The van der Waals surface area contributed by atoms with Gasteiger partial charge in [-0.05, 0) is 42.9 Å². The van der Waals surface area contributed by atoms with Gasteiger partial charge in [-0.2, -0.15) is 0 Å². The molecule has 3 heteroatoms. The van der Waals surface area contributed by atoms with Crippen LogP contribution in [-0.4, -0.2) is 24.5 Å². The van der Waals surface area contributed by atoms with Gasteiger partial charge in [0.1, 0.15) is 4.08 Å². The number of hydrogen-bond acceptors (Lipinski definition) is 3. The Morgan fingerprint density at radius 1 is 0.630 bits per heavy atom. The quantitative estimate of drug-likeness (QED) is 0.292. The first-order valence-corrected chi connectivity index (χ1v) is 11.1. The number of nitrogens with zero attached hydrogens (tertiary/aromatic N) is 1. The van der Waals surface area contributed by atoms with Gasteiger partial charge in [0, 0.05) is 16.3 Å².